The standard InChI is InChI=1S/C15H8F6O3/c16-14(17,18)12-5-4-9(7-11(12)13(22)23)8-2-1-3-10(6-8)24-15(19,20)21/h1-7H,(H,22,23). The number of rotatable bonds is 3. The Labute approximate surface area is 131 Å². The van der Waals surface area contributed by atoms with Crippen LogP contribution in [0.5, 0.6) is 5.75 Å². The second kappa shape index (κ2) is 6.06. The zero-order valence-electron chi connectivity index (χ0n) is 11.6. The molecule has 128 valence electrons. The molecule has 0 aliphatic heterocycles. The smallest absolute Gasteiger partial charge is 0.478 e. The molecule has 1 N–H and O–H groups in total. The fraction of sp³-hybridized carbons (Fsp3) is 0.133. The van der Waals surface area contributed by atoms with Crippen LogP contribution in [0.25, 0.3) is 11.1 Å². The molecule has 2 rings (SSSR count). The van der Waals surface area contributed by atoms with Gasteiger partial charge in [-0.2, -0.15) is 13.2 Å². The fourth-order valence-electron chi connectivity index (χ4n) is 2.02. The topological polar surface area (TPSA) is 46.5 Å². The van der Waals surface area contributed by atoms with Gasteiger partial charge in [0.05, 0.1) is 11.1 Å². The maximum atomic E-state index is 12.8. The lowest BCUT2D eigenvalue weighted by Crippen LogP contribution is -2.17. The number of carboxylic acid groups (broad SMARTS) is 1. The predicted octanol–water partition coefficient (Wildman–Crippen LogP) is 4.97. The monoisotopic (exact) mass is 350 g/mol. The average Bonchev–Trinajstić information content (AvgIpc) is 2.44. The Morgan fingerprint density at radius 3 is 2.08 bits per heavy atom. The first-order valence-corrected chi connectivity index (χ1v) is 6.28. The van der Waals surface area contributed by atoms with Gasteiger partial charge in [0.25, 0.3) is 0 Å². The molecule has 0 amide bonds. The van der Waals surface area contributed by atoms with Gasteiger partial charge in [-0.1, -0.05) is 18.2 Å². The number of aromatic carboxylic acids is 1. The number of hydrogen-bond acceptors (Lipinski definition) is 2. The number of carbonyl (C=O) groups is 1. The molecular weight excluding hydrogens is 342 g/mol. The Morgan fingerprint density at radius 1 is 0.917 bits per heavy atom. The van der Waals surface area contributed by atoms with E-state index in [-0.39, 0.29) is 11.1 Å². The second-order valence-corrected chi connectivity index (χ2v) is 4.64. The number of ether oxygens (including phenoxy) is 1. The molecule has 0 atom stereocenters. The van der Waals surface area contributed by atoms with E-state index in [1.807, 2.05) is 0 Å². The molecule has 0 unspecified atom stereocenters. The number of benzene rings is 2. The van der Waals surface area contributed by atoms with Crippen LogP contribution in [0.1, 0.15) is 15.9 Å². The van der Waals surface area contributed by atoms with Crippen molar-refractivity contribution in [1.29, 1.82) is 0 Å². The van der Waals surface area contributed by atoms with Gasteiger partial charge in [-0.15, -0.1) is 13.2 Å². The van der Waals surface area contributed by atoms with Crippen molar-refractivity contribution in [1.82, 2.24) is 0 Å². The van der Waals surface area contributed by atoms with Crippen LogP contribution in [0.3, 0.4) is 0 Å². The predicted molar refractivity (Wildman–Crippen MR) is 70.5 cm³/mol. The molecule has 0 aliphatic carbocycles. The number of hydrogen-bond donors (Lipinski definition) is 1. The first kappa shape index (κ1) is 17.6. The van der Waals surface area contributed by atoms with Crippen molar-refractivity contribution in [2.24, 2.45) is 0 Å². The maximum Gasteiger partial charge on any atom is 0.573 e. The molecule has 0 aromatic heterocycles. The van der Waals surface area contributed by atoms with Crippen molar-refractivity contribution in [3.8, 4) is 16.9 Å². The van der Waals surface area contributed by atoms with Gasteiger partial charge < -0.3 is 9.84 Å². The molecule has 0 bridgehead atoms. The Balaban J connectivity index is 2.48. The fourth-order valence-corrected chi connectivity index (χ4v) is 2.02. The lowest BCUT2D eigenvalue weighted by molar-refractivity contribution is -0.274. The van der Waals surface area contributed by atoms with Gasteiger partial charge >= 0.3 is 18.5 Å². The van der Waals surface area contributed by atoms with Crippen LogP contribution in [0, 0.1) is 0 Å². The Morgan fingerprint density at radius 2 is 1.54 bits per heavy atom. The molecule has 3 nitrogen and oxygen atoms in total. The maximum absolute atomic E-state index is 12.8. The molecule has 0 saturated heterocycles. The zero-order chi connectivity index (χ0) is 18.1. The molecule has 0 aliphatic rings. The summed E-state index contributed by atoms with van der Waals surface area (Å²) in [6, 6.07) is 6.77. The molecule has 0 spiro atoms. The molecule has 0 fully saturated rings. The molecule has 0 heterocycles. The van der Waals surface area contributed by atoms with Gasteiger partial charge in [-0.25, -0.2) is 4.79 Å². The summed E-state index contributed by atoms with van der Waals surface area (Å²) in [7, 11) is 0. The van der Waals surface area contributed by atoms with Gasteiger partial charge in [0, 0.05) is 0 Å². The number of alkyl halides is 6. The molecular formula is C15H8F6O3. The van der Waals surface area contributed by atoms with E-state index in [9.17, 15) is 31.1 Å². The Hall–Kier alpha value is -2.71. The van der Waals surface area contributed by atoms with E-state index in [2.05, 4.69) is 4.74 Å². The molecule has 24 heavy (non-hydrogen) atoms. The largest absolute Gasteiger partial charge is 0.573 e. The van der Waals surface area contributed by atoms with E-state index < -0.39 is 35.4 Å². The van der Waals surface area contributed by atoms with Crippen LogP contribution < -0.4 is 4.74 Å². The highest BCUT2D eigenvalue weighted by Crippen LogP contribution is 2.35. The van der Waals surface area contributed by atoms with E-state index in [1.54, 1.807) is 0 Å². The molecule has 2 aromatic carbocycles. The van der Waals surface area contributed by atoms with Crippen molar-refractivity contribution in [3.63, 3.8) is 0 Å². The Bertz CT molecular complexity index is 765. The molecule has 0 radical (unpaired) electrons. The number of carboxylic acids is 1. The van der Waals surface area contributed by atoms with Crippen molar-refractivity contribution in [2.45, 2.75) is 12.5 Å². The van der Waals surface area contributed by atoms with Gasteiger partial charge in [-0.05, 0) is 35.4 Å². The van der Waals surface area contributed by atoms with E-state index in [4.69, 9.17) is 5.11 Å². The third kappa shape index (κ3) is 4.18. The van der Waals surface area contributed by atoms with Crippen molar-refractivity contribution in [2.75, 3.05) is 0 Å². The SMILES string of the molecule is O=C(O)c1cc(-c2cccc(OC(F)(F)F)c2)ccc1C(F)(F)F. The summed E-state index contributed by atoms with van der Waals surface area (Å²) >= 11 is 0. The lowest BCUT2D eigenvalue weighted by atomic mass is 9.98. The first-order valence-electron chi connectivity index (χ1n) is 6.28. The number of halogens is 6. The van der Waals surface area contributed by atoms with Gasteiger partial charge in [0.2, 0.25) is 0 Å². The van der Waals surface area contributed by atoms with Crippen molar-refractivity contribution < 1.29 is 41.0 Å². The van der Waals surface area contributed by atoms with Crippen LogP contribution in [0.4, 0.5) is 26.3 Å². The van der Waals surface area contributed by atoms with Crippen LogP contribution in [0.15, 0.2) is 42.5 Å². The van der Waals surface area contributed by atoms with Crippen LogP contribution in [-0.2, 0) is 6.18 Å². The quantitative estimate of drug-likeness (QED) is 0.795. The highest BCUT2D eigenvalue weighted by molar-refractivity contribution is 5.91. The summed E-state index contributed by atoms with van der Waals surface area (Å²) in [6.07, 6.45) is -9.79. The second-order valence-electron chi connectivity index (χ2n) is 4.64. The molecule has 0 saturated carbocycles. The van der Waals surface area contributed by atoms with E-state index in [0.717, 1.165) is 24.3 Å². The Kier molecular flexibility index (Phi) is 4.46. The summed E-state index contributed by atoms with van der Waals surface area (Å²) in [5.41, 5.74) is -2.26. The zero-order valence-corrected chi connectivity index (χ0v) is 11.6. The van der Waals surface area contributed by atoms with Crippen molar-refractivity contribution in [3.05, 3.63) is 53.6 Å². The van der Waals surface area contributed by atoms with Crippen LogP contribution >= 0.6 is 0 Å². The van der Waals surface area contributed by atoms with Crippen LogP contribution in [0.2, 0.25) is 0 Å². The lowest BCUT2D eigenvalue weighted by Gasteiger charge is -2.13. The summed E-state index contributed by atoms with van der Waals surface area (Å²) in [5, 5.41) is 8.93. The highest BCUT2D eigenvalue weighted by Gasteiger charge is 2.35. The van der Waals surface area contributed by atoms with E-state index >= 15 is 0 Å². The van der Waals surface area contributed by atoms with Gasteiger partial charge in [-0.3, -0.25) is 0 Å². The van der Waals surface area contributed by atoms with Crippen molar-refractivity contribution >= 4 is 5.97 Å². The van der Waals surface area contributed by atoms with E-state index in [1.165, 1.54) is 12.1 Å². The first-order chi connectivity index (χ1) is 11.0. The average molecular weight is 350 g/mol. The third-order valence-corrected chi connectivity index (χ3v) is 2.96. The molecule has 2 aromatic rings. The minimum absolute atomic E-state index is 0.00743. The minimum atomic E-state index is -4.93. The summed E-state index contributed by atoms with van der Waals surface area (Å²) in [6.45, 7) is 0. The normalized spacial score (nSPS) is 12.1. The summed E-state index contributed by atoms with van der Waals surface area (Å²) in [5.74, 6) is -2.37. The van der Waals surface area contributed by atoms with Gasteiger partial charge in [0.15, 0.2) is 0 Å². The third-order valence-electron chi connectivity index (χ3n) is 2.96. The highest BCUT2D eigenvalue weighted by atomic mass is 19.4. The summed E-state index contributed by atoms with van der Waals surface area (Å²) in [4.78, 5) is 11.0. The van der Waals surface area contributed by atoms with E-state index in [0.29, 0.717) is 6.07 Å². The molecule has 9 heteroatoms. The minimum Gasteiger partial charge on any atom is -0.478 e. The van der Waals surface area contributed by atoms with Gasteiger partial charge in [0.1, 0.15) is 5.75 Å². The van der Waals surface area contributed by atoms with Crippen LogP contribution in [-0.4, -0.2) is 17.4 Å². The summed E-state index contributed by atoms with van der Waals surface area (Å²) < 4.78 is 78.7.